The van der Waals surface area contributed by atoms with Crippen LogP contribution in [-0.2, 0) is 0 Å². The summed E-state index contributed by atoms with van der Waals surface area (Å²) >= 11 is 0. The van der Waals surface area contributed by atoms with Crippen molar-refractivity contribution in [2.24, 2.45) is 0 Å². The fourth-order valence-electron chi connectivity index (χ4n) is 2.75. The molecule has 3 aromatic rings. The fourth-order valence-corrected chi connectivity index (χ4v) is 2.75. The molecule has 3 rings (SSSR count). The fraction of sp³-hybridized carbons (Fsp3) is 0.0476. The van der Waals surface area contributed by atoms with Crippen LogP contribution >= 0.6 is 0 Å². The Balaban J connectivity index is 1.97. The number of carbonyl (C=O) groups excluding carboxylic acids is 1. The molecule has 0 aliphatic heterocycles. The zero-order valence-electron chi connectivity index (χ0n) is 15.0. The third-order valence-corrected chi connectivity index (χ3v) is 4.17. The molecule has 2 N–H and O–H groups in total. The molecule has 0 heterocycles. The van der Waals surface area contributed by atoms with Gasteiger partial charge in [-0.1, -0.05) is 12.1 Å². The molecule has 0 bridgehead atoms. The van der Waals surface area contributed by atoms with Crippen LogP contribution in [0.2, 0.25) is 0 Å². The number of carbonyl (C=O) groups is 2. The Bertz CT molecular complexity index is 1090. The van der Waals surface area contributed by atoms with E-state index in [1.165, 1.54) is 43.5 Å². The molecule has 0 aliphatic carbocycles. The van der Waals surface area contributed by atoms with Crippen molar-refractivity contribution in [2.45, 2.75) is 0 Å². The van der Waals surface area contributed by atoms with Gasteiger partial charge in [-0.3, -0.25) is 4.79 Å². The van der Waals surface area contributed by atoms with Gasteiger partial charge in [-0.2, -0.15) is 0 Å². The lowest BCUT2D eigenvalue weighted by molar-refractivity contribution is 0.0692. The van der Waals surface area contributed by atoms with Crippen LogP contribution in [0.5, 0.6) is 5.75 Å². The molecule has 148 valence electrons. The molecule has 0 saturated carbocycles. The Morgan fingerprint density at radius 2 is 1.52 bits per heavy atom. The second-order valence-corrected chi connectivity index (χ2v) is 5.97. The van der Waals surface area contributed by atoms with Crippen LogP contribution in [0.25, 0.3) is 11.1 Å². The summed E-state index contributed by atoms with van der Waals surface area (Å²) in [6.07, 6.45) is 0. The molecule has 0 radical (unpaired) electrons. The lowest BCUT2D eigenvalue weighted by atomic mass is 10.0. The lowest BCUT2D eigenvalue weighted by Gasteiger charge is -2.12. The molecule has 0 aliphatic rings. The van der Waals surface area contributed by atoms with Gasteiger partial charge in [-0.25, -0.2) is 18.0 Å². The molecule has 0 saturated heterocycles. The normalized spacial score (nSPS) is 10.5. The van der Waals surface area contributed by atoms with Gasteiger partial charge in [0.1, 0.15) is 28.9 Å². The van der Waals surface area contributed by atoms with Crippen molar-refractivity contribution in [3.8, 4) is 16.9 Å². The van der Waals surface area contributed by atoms with Crippen molar-refractivity contribution in [1.82, 2.24) is 0 Å². The van der Waals surface area contributed by atoms with E-state index in [2.05, 4.69) is 0 Å². The first-order chi connectivity index (χ1) is 13.8. The molecule has 0 spiro atoms. The number of carboxylic acid groups (broad SMARTS) is 1. The van der Waals surface area contributed by atoms with Gasteiger partial charge in [0.25, 0.3) is 5.91 Å². The maximum Gasteiger partial charge on any atom is 0.336 e. The smallest absolute Gasteiger partial charge is 0.336 e. The SMILES string of the molecule is COc1ccc(F)c(-c2cc(F)c(NC(=O)c3ccccc3C(=O)O)c(F)c2)c1. The molecule has 3 aromatic carbocycles. The summed E-state index contributed by atoms with van der Waals surface area (Å²) in [6, 6.07) is 10.7. The molecule has 0 aromatic heterocycles. The monoisotopic (exact) mass is 401 g/mol. The van der Waals surface area contributed by atoms with Crippen LogP contribution in [0.15, 0.2) is 54.6 Å². The number of anilines is 1. The summed E-state index contributed by atoms with van der Waals surface area (Å²) in [6.45, 7) is 0. The number of rotatable bonds is 5. The predicted octanol–water partition coefficient (Wildman–Crippen LogP) is 4.73. The Kier molecular flexibility index (Phi) is 5.54. The van der Waals surface area contributed by atoms with E-state index in [1.54, 1.807) is 0 Å². The largest absolute Gasteiger partial charge is 0.497 e. The molecule has 29 heavy (non-hydrogen) atoms. The minimum Gasteiger partial charge on any atom is -0.497 e. The summed E-state index contributed by atoms with van der Waals surface area (Å²) in [5.41, 5.74) is -1.54. The van der Waals surface area contributed by atoms with E-state index in [1.807, 2.05) is 5.32 Å². The van der Waals surface area contributed by atoms with Crippen LogP contribution < -0.4 is 10.1 Å². The van der Waals surface area contributed by atoms with Crippen LogP contribution in [0, 0.1) is 17.5 Å². The zero-order chi connectivity index (χ0) is 21.1. The first kappa shape index (κ1) is 19.9. The van der Waals surface area contributed by atoms with Gasteiger partial charge < -0.3 is 15.2 Å². The first-order valence-corrected chi connectivity index (χ1v) is 8.28. The van der Waals surface area contributed by atoms with E-state index in [0.29, 0.717) is 5.75 Å². The standard InChI is InChI=1S/C21H14F3NO4/c1-29-12-6-7-16(22)15(10-12)11-8-17(23)19(18(24)9-11)25-20(26)13-4-2-3-5-14(13)21(27)28/h2-10H,1H3,(H,25,26)(H,27,28). The number of amides is 1. The van der Waals surface area contributed by atoms with Gasteiger partial charge in [0, 0.05) is 5.56 Å². The number of benzene rings is 3. The van der Waals surface area contributed by atoms with E-state index >= 15 is 0 Å². The van der Waals surface area contributed by atoms with E-state index in [-0.39, 0.29) is 22.3 Å². The summed E-state index contributed by atoms with van der Waals surface area (Å²) in [7, 11) is 1.37. The number of nitrogens with one attached hydrogen (secondary N) is 1. The van der Waals surface area contributed by atoms with Crippen LogP contribution in [0.3, 0.4) is 0 Å². The molecular weight excluding hydrogens is 387 g/mol. The average molecular weight is 401 g/mol. The van der Waals surface area contributed by atoms with E-state index in [0.717, 1.165) is 18.2 Å². The summed E-state index contributed by atoms with van der Waals surface area (Å²) < 4.78 is 48.1. The summed E-state index contributed by atoms with van der Waals surface area (Å²) in [4.78, 5) is 23.6. The number of halogens is 3. The van der Waals surface area contributed by atoms with Gasteiger partial charge in [0.05, 0.1) is 18.2 Å². The number of aromatic carboxylic acids is 1. The van der Waals surface area contributed by atoms with Crippen molar-refractivity contribution in [2.75, 3.05) is 12.4 Å². The summed E-state index contributed by atoms with van der Waals surface area (Å²) in [5.74, 6) is -5.07. The minimum absolute atomic E-state index is 0.0868. The Morgan fingerprint density at radius 1 is 0.897 bits per heavy atom. The topological polar surface area (TPSA) is 75.6 Å². The van der Waals surface area contributed by atoms with Crippen molar-refractivity contribution in [3.05, 3.63) is 83.2 Å². The van der Waals surface area contributed by atoms with Crippen molar-refractivity contribution in [1.29, 1.82) is 0 Å². The van der Waals surface area contributed by atoms with Crippen LogP contribution in [-0.4, -0.2) is 24.1 Å². The molecular formula is C21H14F3NO4. The number of carboxylic acids is 1. The minimum atomic E-state index is -1.36. The second kappa shape index (κ2) is 8.05. The van der Waals surface area contributed by atoms with E-state index in [4.69, 9.17) is 9.84 Å². The average Bonchev–Trinajstić information content (AvgIpc) is 2.70. The molecule has 5 nitrogen and oxygen atoms in total. The van der Waals surface area contributed by atoms with Crippen molar-refractivity contribution >= 4 is 17.6 Å². The number of hydrogen-bond acceptors (Lipinski definition) is 3. The van der Waals surface area contributed by atoms with E-state index < -0.39 is 35.0 Å². The van der Waals surface area contributed by atoms with Gasteiger partial charge in [0.15, 0.2) is 0 Å². The molecule has 1 amide bonds. The van der Waals surface area contributed by atoms with Gasteiger partial charge in [-0.15, -0.1) is 0 Å². The number of hydrogen-bond donors (Lipinski definition) is 2. The van der Waals surface area contributed by atoms with Crippen LogP contribution in [0.4, 0.5) is 18.9 Å². The Morgan fingerprint density at radius 3 is 2.10 bits per heavy atom. The van der Waals surface area contributed by atoms with Crippen molar-refractivity contribution in [3.63, 3.8) is 0 Å². The first-order valence-electron chi connectivity index (χ1n) is 8.28. The number of methoxy groups -OCH3 is 1. The zero-order valence-corrected chi connectivity index (χ0v) is 15.0. The van der Waals surface area contributed by atoms with Gasteiger partial charge >= 0.3 is 5.97 Å². The van der Waals surface area contributed by atoms with E-state index in [9.17, 15) is 22.8 Å². The Hall–Kier alpha value is -3.81. The molecule has 0 unspecified atom stereocenters. The maximum absolute atomic E-state index is 14.5. The maximum atomic E-state index is 14.5. The third kappa shape index (κ3) is 4.06. The highest BCUT2D eigenvalue weighted by Crippen LogP contribution is 2.31. The Labute approximate surface area is 163 Å². The lowest BCUT2D eigenvalue weighted by Crippen LogP contribution is -2.18. The van der Waals surface area contributed by atoms with Crippen molar-refractivity contribution < 1.29 is 32.6 Å². The molecule has 8 heteroatoms. The summed E-state index contributed by atoms with van der Waals surface area (Å²) in [5, 5.41) is 11.2. The van der Waals surface area contributed by atoms with Crippen LogP contribution in [0.1, 0.15) is 20.7 Å². The quantitative estimate of drug-likeness (QED) is 0.648. The van der Waals surface area contributed by atoms with Gasteiger partial charge in [-0.05, 0) is 48.0 Å². The third-order valence-electron chi connectivity index (χ3n) is 4.17. The predicted molar refractivity (Wildman–Crippen MR) is 99.7 cm³/mol. The molecule has 0 fully saturated rings. The molecule has 0 atom stereocenters. The highest BCUT2D eigenvalue weighted by Gasteiger charge is 2.20. The highest BCUT2D eigenvalue weighted by atomic mass is 19.1. The highest BCUT2D eigenvalue weighted by molar-refractivity contribution is 6.10. The second-order valence-electron chi connectivity index (χ2n) is 5.97. The van der Waals surface area contributed by atoms with Gasteiger partial charge in [0.2, 0.25) is 0 Å². The number of ether oxygens (including phenoxy) is 1.